The molecule has 4 aliphatic rings. The number of likely N-dealkylation sites (N-methyl/N-ethyl adjacent to an activating group) is 1. The van der Waals surface area contributed by atoms with Crippen molar-refractivity contribution in [2.24, 2.45) is 0 Å². The zero-order chi connectivity index (χ0) is 21.5. The van der Waals surface area contributed by atoms with Gasteiger partial charge in [-0.05, 0) is 59.3 Å². The monoisotopic (exact) mass is 420 g/mol. The molecule has 7 nitrogen and oxygen atoms in total. The largest absolute Gasteiger partial charge is 0.444 e. The number of carbonyl (C=O) groups excluding carboxylic acids is 2. The van der Waals surface area contributed by atoms with Gasteiger partial charge in [-0.15, -0.1) is 0 Å². The van der Waals surface area contributed by atoms with Crippen molar-refractivity contribution < 1.29 is 14.3 Å². The lowest BCUT2D eigenvalue weighted by atomic mass is 9.88. The van der Waals surface area contributed by atoms with Crippen LogP contribution in [0.1, 0.15) is 72.1 Å². The van der Waals surface area contributed by atoms with Gasteiger partial charge in [0.05, 0.1) is 12.1 Å². The molecule has 0 N–H and O–H groups in total. The van der Waals surface area contributed by atoms with Crippen molar-refractivity contribution in [3.63, 3.8) is 0 Å². The number of nitrogens with zero attached hydrogens (tertiary/aromatic N) is 4. The summed E-state index contributed by atoms with van der Waals surface area (Å²) in [6, 6.07) is 2.07. The molecule has 0 unspecified atom stereocenters. The Kier molecular flexibility index (Phi) is 6.20. The summed E-state index contributed by atoms with van der Waals surface area (Å²) < 4.78 is 5.52. The van der Waals surface area contributed by atoms with Crippen LogP contribution in [0.25, 0.3) is 0 Å². The summed E-state index contributed by atoms with van der Waals surface area (Å²) in [4.78, 5) is 34.0. The van der Waals surface area contributed by atoms with E-state index in [0.717, 1.165) is 51.9 Å². The molecule has 3 amide bonds. The molecule has 3 saturated heterocycles. The Labute approximate surface area is 181 Å². The van der Waals surface area contributed by atoms with E-state index in [9.17, 15) is 9.59 Å². The lowest BCUT2D eigenvalue weighted by molar-refractivity contribution is 0.0104. The van der Waals surface area contributed by atoms with E-state index in [1.54, 1.807) is 0 Å². The van der Waals surface area contributed by atoms with Crippen LogP contribution in [-0.2, 0) is 4.74 Å². The van der Waals surface area contributed by atoms with Crippen LogP contribution in [0.15, 0.2) is 0 Å². The number of rotatable bonds is 2. The van der Waals surface area contributed by atoms with Crippen molar-refractivity contribution in [3.05, 3.63) is 0 Å². The molecule has 7 heteroatoms. The van der Waals surface area contributed by atoms with E-state index >= 15 is 0 Å². The Morgan fingerprint density at radius 1 is 0.867 bits per heavy atom. The average molecular weight is 421 g/mol. The molecule has 3 aliphatic heterocycles. The third-order valence-corrected chi connectivity index (χ3v) is 7.60. The number of urea groups is 1. The van der Waals surface area contributed by atoms with Gasteiger partial charge in [-0.1, -0.05) is 12.8 Å². The number of hydrogen-bond acceptors (Lipinski definition) is 4. The summed E-state index contributed by atoms with van der Waals surface area (Å²) >= 11 is 0. The molecular weight excluding hydrogens is 380 g/mol. The highest BCUT2D eigenvalue weighted by atomic mass is 16.6. The van der Waals surface area contributed by atoms with Gasteiger partial charge < -0.3 is 24.3 Å². The quantitative estimate of drug-likeness (QED) is 0.686. The molecule has 0 aromatic carbocycles. The van der Waals surface area contributed by atoms with E-state index in [-0.39, 0.29) is 12.1 Å². The van der Waals surface area contributed by atoms with Gasteiger partial charge in [0.2, 0.25) is 0 Å². The molecule has 1 aliphatic carbocycles. The number of ether oxygens (including phenoxy) is 1. The van der Waals surface area contributed by atoms with Crippen LogP contribution in [0.4, 0.5) is 9.59 Å². The standard InChI is InChI=1S/C23H40N4O3/c1-23(2,3)30-22(29)26-15-9-17(10-16-26)25-13-11-18(12-14-25)27-20-8-6-5-7-19(20)24(4)21(27)28/h17-20H,5-16H2,1-4H3/t19-,20-/m0/s1. The third kappa shape index (κ3) is 4.41. The molecule has 0 aromatic heterocycles. The predicted molar refractivity (Wildman–Crippen MR) is 116 cm³/mol. The molecule has 2 atom stereocenters. The van der Waals surface area contributed by atoms with Crippen molar-refractivity contribution >= 4 is 12.1 Å². The summed E-state index contributed by atoms with van der Waals surface area (Å²) in [7, 11) is 2.00. The number of piperidine rings is 2. The number of likely N-dealkylation sites (tertiary alicyclic amines) is 2. The van der Waals surface area contributed by atoms with Crippen molar-refractivity contribution in [1.29, 1.82) is 0 Å². The maximum atomic E-state index is 12.9. The minimum atomic E-state index is -0.436. The van der Waals surface area contributed by atoms with Gasteiger partial charge in [-0.3, -0.25) is 0 Å². The van der Waals surface area contributed by atoms with Crippen LogP contribution >= 0.6 is 0 Å². The van der Waals surface area contributed by atoms with E-state index in [4.69, 9.17) is 4.74 Å². The Bertz CT molecular complexity index is 633. The molecule has 3 heterocycles. The normalized spacial score (nSPS) is 30.0. The zero-order valence-corrected chi connectivity index (χ0v) is 19.3. The first kappa shape index (κ1) is 21.7. The highest BCUT2D eigenvalue weighted by molar-refractivity contribution is 5.78. The third-order valence-electron chi connectivity index (χ3n) is 7.60. The Morgan fingerprint density at radius 3 is 2.03 bits per heavy atom. The minimum absolute atomic E-state index is 0.182. The highest BCUT2D eigenvalue weighted by Gasteiger charge is 2.48. The molecule has 4 rings (SSSR count). The van der Waals surface area contributed by atoms with Gasteiger partial charge in [0.1, 0.15) is 5.60 Å². The summed E-state index contributed by atoms with van der Waals surface area (Å²) in [5, 5.41) is 0. The fraction of sp³-hybridized carbons (Fsp3) is 0.913. The fourth-order valence-corrected chi connectivity index (χ4v) is 6.03. The van der Waals surface area contributed by atoms with Crippen LogP contribution in [0.3, 0.4) is 0 Å². The van der Waals surface area contributed by atoms with E-state index in [1.165, 1.54) is 25.7 Å². The summed E-state index contributed by atoms with van der Waals surface area (Å²) in [5.41, 5.74) is -0.436. The SMILES string of the molecule is CN1C(=O)N(C2CCN(C3CCN(C(=O)OC(C)(C)C)CC3)CC2)[C@H]2CCCC[C@@H]21. The maximum Gasteiger partial charge on any atom is 0.410 e. The summed E-state index contributed by atoms with van der Waals surface area (Å²) in [6.07, 6.45) is 8.85. The van der Waals surface area contributed by atoms with Gasteiger partial charge in [0, 0.05) is 45.3 Å². The fourth-order valence-electron chi connectivity index (χ4n) is 6.03. The van der Waals surface area contributed by atoms with Crippen LogP contribution in [0.5, 0.6) is 0 Å². The maximum absolute atomic E-state index is 12.9. The number of hydrogen-bond donors (Lipinski definition) is 0. The highest BCUT2D eigenvalue weighted by Crippen LogP contribution is 2.37. The van der Waals surface area contributed by atoms with Crippen LogP contribution < -0.4 is 0 Å². The zero-order valence-electron chi connectivity index (χ0n) is 19.3. The topological polar surface area (TPSA) is 56.3 Å². The Balaban J connectivity index is 1.26. The van der Waals surface area contributed by atoms with E-state index in [2.05, 4.69) is 9.80 Å². The summed E-state index contributed by atoms with van der Waals surface area (Å²) in [5.74, 6) is 0. The van der Waals surface area contributed by atoms with Gasteiger partial charge in [-0.25, -0.2) is 9.59 Å². The van der Waals surface area contributed by atoms with E-state index in [0.29, 0.717) is 24.2 Å². The molecule has 4 fully saturated rings. The second-order valence-corrected chi connectivity index (χ2v) is 10.7. The molecule has 0 bridgehead atoms. The van der Waals surface area contributed by atoms with Crippen LogP contribution in [-0.4, -0.2) is 94.7 Å². The van der Waals surface area contributed by atoms with E-state index in [1.807, 2.05) is 37.6 Å². The van der Waals surface area contributed by atoms with Crippen molar-refractivity contribution in [3.8, 4) is 0 Å². The molecule has 0 aromatic rings. The van der Waals surface area contributed by atoms with Crippen LogP contribution in [0, 0.1) is 0 Å². The molecule has 1 saturated carbocycles. The molecule has 170 valence electrons. The molecule has 0 radical (unpaired) electrons. The first-order valence-corrected chi connectivity index (χ1v) is 12.0. The first-order chi connectivity index (χ1) is 14.2. The number of amides is 3. The van der Waals surface area contributed by atoms with Crippen LogP contribution in [0.2, 0.25) is 0 Å². The van der Waals surface area contributed by atoms with Crippen molar-refractivity contribution in [1.82, 2.24) is 19.6 Å². The summed E-state index contributed by atoms with van der Waals surface area (Å²) in [6.45, 7) is 9.43. The van der Waals surface area contributed by atoms with Crippen molar-refractivity contribution in [2.45, 2.75) is 102 Å². The first-order valence-electron chi connectivity index (χ1n) is 12.0. The smallest absolute Gasteiger partial charge is 0.410 e. The van der Waals surface area contributed by atoms with Crippen molar-refractivity contribution in [2.75, 3.05) is 33.2 Å². The second-order valence-electron chi connectivity index (χ2n) is 10.7. The second kappa shape index (κ2) is 8.56. The lowest BCUT2D eigenvalue weighted by Crippen LogP contribution is -2.54. The number of fused-ring (bicyclic) bond motifs is 1. The van der Waals surface area contributed by atoms with E-state index < -0.39 is 5.60 Å². The van der Waals surface area contributed by atoms with Gasteiger partial charge in [-0.2, -0.15) is 0 Å². The lowest BCUT2D eigenvalue weighted by Gasteiger charge is -2.44. The molecular formula is C23H40N4O3. The van der Waals surface area contributed by atoms with Gasteiger partial charge in [0.15, 0.2) is 0 Å². The molecule has 30 heavy (non-hydrogen) atoms. The van der Waals surface area contributed by atoms with Gasteiger partial charge in [0.25, 0.3) is 0 Å². The Hall–Kier alpha value is -1.50. The molecule has 0 spiro atoms. The number of carbonyl (C=O) groups is 2. The van der Waals surface area contributed by atoms with Gasteiger partial charge >= 0.3 is 12.1 Å². The Morgan fingerprint density at radius 2 is 1.43 bits per heavy atom. The minimum Gasteiger partial charge on any atom is -0.444 e. The predicted octanol–water partition coefficient (Wildman–Crippen LogP) is 3.53. The average Bonchev–Trinajstić information content (AvgIpc) is 2.98.